The minimum absolute atomic E-state index is 0.114. The molecule has 2 bridgehead atoms. The first-order valence-corrected chi connectivity index (χ1v) is 6.76. The molecule has 1 saturated carbocycles. The van der Waals surface area contributed by atoms with E-state index in [0.717, 1.165) is 24.9 Å². The first kappa shape index (κ1) is 10.4. The fraction of sp³-hybridized carbons (Fsp3) is 0.438. The van der Waals surface area contributed by atoms with Crippen LogP contribution in [0.4, 0.5) is 5.69 Å². The Morgan fingerprint density at radius 2 is 2.17 bits per heavy atom. The fourth-order valence-corrected chi connectivity index (χ4v) is 4.40. The van der Waals surface area contributed by atoms with Gasteiger partial charge in [-0.05, 0) is 48.4 Å². The Hall–Kier alpha value is -1.57. The Morgan fingerprint density at radius 3 is 2.89 bits per heavy atom. The molecule has 1 spiro atoms. The van der Waals surface area contributed by atoms with Crippen LogP contribution in [0.2, 0.25) is 0 Å². The zero-order valence-corrected chi connectivity index (χ0v) is 10.4. The third kappa shape index (κ3) is 1.21. The Balaban J connectivity index is 1.92. The van der Waals surface area contributed by atoms with Crippen LogP contribution in [0.15, 0.2) is 29.8 Å². The second-order valence-electron chi connectivity index (χ2n) is 6.14. The van der Waals surface area contributed by atoms with Gasteiger partial charge in [0, 0.05) is 23.9 Å². The molecule has 3 aliphatic carbocycles. The highest BCUT2D eigenvalue weighted by Crippen LogP contribution is 2.58. The van der Waals surface area contributed by atoms with Gasteiger partial charge in [0.15, 0.2) is 0 Å². The largest absolute Gasteiger partial charge is 0.399 e. The van der Waals surface area contributed by atoms with Crippen LogP contribution in [0.25, 0.3) is 0 Å². The van der Waals surface area contributed by atoms with E-state index in [2.05, 4.69) is 12.1 Å². The number of nitrogens with two attached hydrogens (primary N) is 1. The van der Waals surface area contributed by atoms with Gasteiger partial charge < -0.3 is 5.73 Å². The van der Waals surface area contributed by atoms with Gasteiger partial charge in [-0.2, -0.15) is 0 Å². The third-order valence-electron chi connectivity index (χ3n) is 5.09. The molecule has 1 aromatic rings. The van der Waals surface area contributed by atoms with Crippen LogP contribution in [-0.4, -0.2) is 5.78 Å². The van der Waals surface area contributed by atoms with E-state index in [1.165, 1.54) is 17.5 Å². The molecule has 0 saturated heterocycles. The maximum absolute atomic E-state index is 12.1. The molecule has 2 nitrogen and oxygen atoms in total. The van der Waals surface area contributed by atoms with Crippen molar-refractivity contribution in [1.29, 1.82) is 0 Å². The average molecular weight is 239 g/mol. The van der Waals surface area contributed by atoms with Gasteiger partial charge in [0.1, 0.15) is 5.78 Å². The van der Waals surface area contributed by atoms with Crippen LogP contribution < -0.4 is 5.73 Å². The maximum atomic E-state index is 12.1. The molecule has 2 N–H and O–H groups in total. The van der Waals surface area contributed by atoms with Crippen molar-refractivity contribution < 1.29 is 4.79 Å². The summed E-state index contributed by atoms with van der Waals surface area (Å²) in [6.45, 7) is 0. The molecular formula is C16H17NO. The first-order valence-electron chi connectivity index (χ1n) is 6.76. The summed E-state index contributed by atoms with van der Waals surface area (Å²) < 4.78 is 0. The van der Waals surface area contributed by atoms with E-state index in [1.807, 2.05) is 12.1 Å². The molecule has 4 rings (SSSR count). The van der Waals surface area contributed by atoms with Crippen LogP contribution in [-0.2, 0) is 16.6 Å². The number of benzene rings is 1. The smallest absolute Gasteiger partial charge is 0.138 e. The number of hydrogen-bond donors (Lipinski definition) is 1. The van der Waals surface area contributed by atoms with Crippen molar-refractivity contribution >= 4 is 11.5 Å². The van der Waals surface area contributed by atoms with E-state index in [-0.39, 0.29) is 5.41 Å². The fourth-order valence-electron chi connectivity index (χ4n) is 4.40. The Kier molecular flexibility index (Phi) is 1.87. The molecule has 2 atom stereocenters. The normalized spacial score (nSPS) is 32.8. The second kappa shape index (κ2) is 3.25. The van der Waals surface area contributed by atoms with Gasteiger partial charge in [0.05, 0.1) is 0 Å². The Morgan fingerprint density at radius 1 is 1.28 bits per heavy atom. The van der Waals surface area contributed by atoms with Gasteiger partial charge in [0.2, 0.25) is 0 Å². The lowest BCUT2D eigenvalue weighted by atomic mass is 9.62. The lowest BCUT2D eigenvalue weighted by Gasteiger charge is -2.40. The topological polar surface area (TPSA) is 43.1 Å². The quantitative estimate of drug-likeness (QED) is 0.559. The van der Waals surface area contributed by atoms with E-state index in [0.29, 0.717) is 18.1 Å². The van der Waals surface area contributed by atoms with E-state index in [9.17, 15) is 4.79 Å². The number of Topliss-reactive ketones (excluding diaryl/α,β-unsaturated/α-hetero) is 1. The maximum Gasteiger partial charge on any atom is 0.138 e. The summed E-state index contributed by atoms with van der Waals surface area (Å²) in [4.78, 5) is 12.1. The monoisotopic (exact) mass is 239 g/mol. The van der Waals surface area contributed by atoms with E-state index in [1.54, 1.807) is 5.57 Å². The van der Waals surface area contributed by atoms with Gasteiger partial charge >= 0.3 is 0 Å². The van der Waals surface area contributed by atoms with Crippen molar-refractivity contribution in [2.75, 3.05) is 5.73 Å². The molecule has 1 fully saturated rings. The highest BCUT2D eigenvalue weighted by Gasteiger charge is 2.51. The van der Waals surface area contributed by atoms with Crippen LogP contribution >= 0.6 is 0 Å². The summed E-state index contributed by atoms with van der Waals surface area (Å²) in [7, 11) is 0. The third-order valence-corrected chi connectivity index (χ3v) is 5.09. The lowest BCUT2D eigenvalue weighted by molar-refractivity contribution is -0.120. The predicted octanol–water partition coefficient (Wildman–Crippen LogP) is 2.76. The Labute approximate surface area is 107 Å². The number of hydrogen-bond acceptors (Lipinski definition) is 2. The zero-order valence-electron chi connectivity index (χ0n) is 10.4. The van der Waals surface area contributed by atoms with Crippen molar-refractivity contribution in [2.45, 2.75) is 37.5 Å². The predicted molar refractivity (Wildman–Crippen MR) is 71.3 cm³/mol. The standard InChI is InChI=1S/C16H17NO/c17-13-3-4-15-11(6-13)7-14(18)9-16(15)8-10-1-2-12(16)5-10/h1,3-4,6,12H,2,5,7-9,17H2. The summed E-state index contributed by atoms with van der Waals surface area (Å²) in [5, 5.41) is 0. The number of ketones is 1. The van der Waals surface area contributed by atoms with Gasteiger partial charge in [-0.3, -0.25) is 4.79 Å². The van der Waals surface area contributed by atoms with Gasteiger partial charge in [-0.15, -0.1) is 0 Å². The summed E-state index contributed by atoms with van der Waals surface area (Å²) in [6.07, 6.45) is 7.16. The van der Waals surface area contributed by atoms with Crippen molar-refractivity contribution in [3.63, 3.8) is 0 Å². The summed E-state index contributed by atoms with van der Waals surface area (Å²) in [6, 6.07) is 6.18. The molecule has 2 unspecified atom stereocenters. The molecule has 18 heavy (non-hydrogen) atoms. The van der Waals surface area contributed by atoms with Crippen LogP contribution in [0.3, 0.4) is 0 Å². The van der Waals surface area contributed by atoms with Gasteiger partial charge in [-0.25, -0.2) is 0 Å². The average Bonchev–Trinajstić information content (AvgIpc) is 2.88. The molecule has 0 heterocycles. The van der Waals surface area contributed by atoms with E-state index >= 15 is 0 Å². The Bertz CT molecular complexity index is 587. The van der Waals surface area contributed by atoms with E-state index in [4.69, 9.17) is 5.73 Å². The van der Waals surface area contributed by atoms with Crippen molar-refractivity contribution in [3.8, 4) is 0 Å². The van der Waals surface area contributed by atoms with Crippen molar-refractivity contribution in [1.82, 2.24) is 0 Å². The minimum atomic E-state index is 0.114. The number of nitrogen functional groups attached to an aromatic ring is 1. The molecule has 0 amide bonds. The summed E-state index contributed by atoms with van der Waals surface area (Å²) in [5.74, 6) is 1.04. The van der Waals surface area contributed by atoms with Crippen molar-refractivity contribution in [2.24, 2.45) is 5.92 Å². The number of carbonyl (C=O) groups is 1. The van der Waals surface area contributed by atoms with Gasteiger partial charge in [0.25, 0.3) is 0 Å². The van der Waals surface area contributed by atoms with Crippen LogP contribution in [0, 0.1) is 5.92 Å². The number of fused-ring (bicyclic) bond motifs is 5. The lowest BCUT2D eigenvalue weighted by Crippen LogP contribution is -2.39. The highest BCUT2D eigenvalue weighted by atomic mass is 16.1. The molecule has 92 valence electrons. The number of rotatable bonds is 0. The number of allylic oxidation sites excluding steroid dienone is 2. The molecule has 0 aliphatic heterocycles. The molecule has 0 aromatic heterocycles. The molecule has 0 radical (unpaired) electrons. The van der Waals surface area contributed by atoms with Crippen molar-refractivity contribution in [3.05, 3.63) is 41.0 Å². The SMILES string of the molecule is Nc1ccc2c(c1)CC(=O)CC21CC2=CCC1C2. The van der Waals surface area contributed by atoms with Crippen LogP contribution in [0.1, 0.15) is 36.8 Å². The minimum Gasteiger partial charge on any atom is -0.399 e. The molecular weight excluding hydrogens is 222 g/mol. The van der Waals surface area contributed by atoms with Gasteiger partial charge in [-0.1, -0.05) is 17.7 Å². The highest BCUT2D eigenvalue weighted by molar-refractivity contribution is 5.86. The molecule has 3 aliphatic rings. The first-order chi connectivity index (χ1) is 8.67. The number of carbonyl (C=O) groups excluding carboxylic acids is 1. The van der Waals surface area contributed by atoms with E-state index < -0.39 is 0 Å². The zero-order chi connectivity index (χ0) is 12.3. The summed E-state index contributed by atoms with van der Waals surface area (Å²) >= 11 is 0. The molecule has 1 aromatic carbocycles. The van der Waals surface area contributed by atoms with Crippen LogP contribution in [0.5, 0.6) is 0 Å². The number of anilines is 1. The summed E-state index contributed by atoms with van der Waals surface area (Å²) in [5.41, 5.74) is 10.9. The molecule has 2 heteroatoms. The second-order valence-corrected chi connectivity index (χ2v) is 6.14.